The average Bonchev–Trinajstić information content (AvgIpc) is 3.42. The van der Waals surface area contributed by atoms with Gasteiger partial charge < -0.3 is 15.4 Å². The van der Waals surface area contributed by atoms with Crippen molar-refractivity contribution in [3.05, 3.63) is 60.2 Å². The molecule has 4 nitrogen and oxygen atoms in total. The van der Waals surface area contributed by atoms with Gasteiger partial charge in [0.25, 0.3) is 0 Å². The molecule has 0 saturated heterocycles. The third kappa shape index (κ3) is 4.92. The molecule has 0 radical (unpaired) electrons. The minimum Gasteiger partial charge on any atom is -0.496 e. The second kappa shape index (κ2) is 8.30. The minimum absolute atomic E-state index is 0.295. The van der Waals surface area contributed by atoms with Gasteiger partial charge >= 0.3 is 0 Å². The molecule has 1 saturated carbocycles. The highest BCUT2D eigenvalue weighted by Gasteiger charge is 2.43. The second-order valence-corrected chi connectivity index (χ2v) is 7.73. The van der Waals surface area contributed by atoms with E-state index in [1.54, 1.807) is 7.11 Å². The molecule has 0 bridgehead atoms. The zero-order chi connectivity index (χ0) is 17.5. The summed E-state index contributed by atoms with van der Waals surface area (Å²) in [4.78, 5) is 5.67. The predicted octanol–water partition coefficient (Wildman–Crippen LogP) is 3.69. The normalized spacial score (nSPS) is 15.5. The van der Waals surface area contributed by atoms with E-state index in [1.165, 1.54) is 17.7 Å². The molecule has 2 aromatic rings. The number of thioether (sulfide) groups is 1. The van der Waals surface area contributed by atoms with Crippen molar-refractivity contribution in [3.63, 3.8) is 0 Å². The van der Waals surface area contributed by atoms with Crippen LogP contribution in [0.1, 0.15) is 18.4 Å². The van der Waals surface area contributed by atoms with Crippen LogP contribution in [0.3, 0.4) is 0 Å². The minimum atomic E-state index is 0.295. The summed E-state index contributed by atoms with van der Waals surface area (Å²) in [6.45, 7) is 1.60. The molecule has 25 heavy (non-hydrogen) atoms. The molecule has 1 fully saturated rings. The molecule has 0 aromatic heterocycles. The quantitative estimate of drug-likeness (QED) is 0.587. The highest BCUT2D eigenvalue weighted by Crippen LogP contribution is 2.51. The average molecular weight is 356 g/mol. The number of hydrogen-bond donors (Lipinski definition) is 2. The molecule has 1 aliphatic rings. The Kier molecular flexibility index (Phi) is 5.87. The molecular weight excluding hydrogens is 330 g/mol. The van der Waals surface area contributed by atoms with Crippen molar-refractivity contribution in [2.75, 3.05) is 20.7 Å². The third-order valence-corrected chi connectivity index (χ3v) is 5.82. The van der Waals surface area contributed by atoms with Crippen LogP contribution in [0.25, 0.3) is 0 Å². The van der Waals surface area contributed by atoms with Crippen molar-refractivity contribution in [2.45, 2.75) is 29.0 Å². The van der Waals surface area contributed by atoms with Crippen LogP contribution in [0.5, 0.6) is 5.75 Å². The Morgan fingerprint density at radius 3 is 2.48 bits per heavy atom. The van der Waals surface area contributed by atoms with E-state index in [4.69, 9.17) is 4.74 Å². The van der Waals surface area contributed by atoms with Crippen LogP contribution < -0.4 is 15.4 Å². The molecule has 0 amide bonds. The molecule has 0 atom stereocenters. The smallest absolute Gasteiger partial charge is 0.191 e. The topological polar surface area (TPSA) is 45.7 Å². The fourth-order valence-corrected chi connectivity index (χ4v) is 3.93. The van der Waals surface area contributed by atoms with Crippen molar-refractivity contribution in [3.8, 4) is 5.75 Å². The first-order valence-corrected chi connectivity index (χ1v) is 9.37. The van der Waals surface area contributed by atoms with Crippen LogP contribution in [0.2, 0.25) is 0 Å². The number of hydrogen-bond acceptors (Lipinski definition) is 3. The molecule has 0 unspecified atom stereocenters. The molecule has 3 rings (SSSR count). The van der Waals surface area contributed by atoms with Crippen molar-refractivity contribution >= 4 is 17.7 Å². The van der Waals surface area contributed by atoms with Gasteiger partial charge in [-0.15, -0.1) is 11.8 Å². The molecule has 0 spiro atoms. The monoisotopic (exact) mass is 355 g/mol. The summed E-state index contributed by atoms with van der Waals surface area (Å²) < 4.78 is 5.69. The van der Waals surface area contributed by atoms with Crippen LogP contribution >= 0.6 is 11.8 Å². The van der Waals surface area contributed by atoms with E-state index in [9.17, 15) is 0 Å². The third-order valence-electron chi connectivity index (χ3n) is 4.33. The van der Waals surface area contributed by atoms with Crippen molar-refractivity contribution < 1.29 is 4.74 Å². The molecule has 0 heterocycles. The van der Waals surface area contributed by atoms with Gasteiger partial charge in [-0.1, -0.05) is 36.4 Å². The number of rotatable bonds is 7. The summed E-state index contributed by atoms with van der Waals surface area (Å²) in [7, 11) is 3.50. The maximum Gasteiger partial charge on any atom is 0.191 e. The Balaban J connectivity index is 1.51. The number of guanidine groups is 1. The van der Waals surface area contributed by atoms with E-state index in [1.807, 2.05) is 37.0 Å². The van der Waals surface area contributed by atoms with Crippen LogP contribution in [0.15, 0.2) is 64.5 Å². The van der Waals surface area contributed by atoms with Crippen molar-refractivity contribution in [1.29, 1.82) is 0 Å². The Morgan fingerprint density at radius 2 is 1.80 bits per heavy atom. The zero-order valence-electron chi connectivity index (χ0n) is 14.8. The maximum absolute atomic E-state index is 5.40. The zero-order valence-corrected chi connectivity index (χ0v) is 15.6. The molecule has 1 aliphatic carbocycles. The Morgan fingerprint density at radius 1 is 1.08 bits per heavy atom. The second-order valence-electron chi connectivity index (χ2n) is 6.19. The van der Waals surface area contributed by atoms with Gasteiger partial charge in [-0.2, -0.15) is 0 Å². The molecular formula is C20H25N3OS. The molecule has 132 valence electrons. The van der Waals surface area contributed by atoms with E-state index in [-0.39, 0.29) is 0 Å². The Bertz CT molecular complexity index is 714. The molecule has 0 aliphatic heterocycles. The summed E-state index contributed by atoms with van der Waals surface area (Å²) >= 11 is 1.96. The largest absolute Gasteiger partial charge is 0.496 e. The van der Waals surface area contributed by atoms with Gasteiger partial charge in [0.05, 0.1) is 7.11 Å². The van der Waals surface area contributed by atoms with Crippen LogP contribution in [0, 0.1) is 0 Å². The summed E-state index contributed by atoms with van der Waals surface area (Å²) in [5.74, 6) is 1.72. The fraction of sp³-hybridized carbons (Fsp3) is 0.350. The predicted molar refractivity (Wildman–Crippen MR) is 105 cm³/mol. The summed E-state index contributed by atoms with van der Waals surface area (Å²) in [5.41, 5.74) is 1.12. The lowest BCUT2D eigenvalue weighted by atomic mass is 10.2. The van der Waals surface area contributed by atoms with Gasteiger partial charge in [-0.3, -0.25) is 4.99 Å². The van der Waals surface area contributed by atoms with Gasteiger partial charge in [0, 0.05) is 35.3 Å². The standard InChI is InChI=1S/C20H25N3OS/c1-21-19(22-14-16-8-6-7-11-18(16)24-2)23-15-20(12-13-20)25-17-9-4-3-5-10-17/h3-11H,12-15H2,1-2H3,(H2,21,22,23). The SMILES string of the molecule is CN=C(NCc1ccccc1OC)NCC1(Sc2ccccc2)CC1. The fourth-order valence-electron chi connectivity index (χ4n) is 2.69. The first kappa shape index (κ1) is 17.7. The number of para-hydroxylation sites is 1. The number of methoxy groups -OCH3 is 1. The first-order valence-electron chi connectivity index (χ1n) is 8.55. The highest BCUT2D eigenvalue weighted by molar-refractivity contribution is 8.01. The van der Waals surface area contributed by atoms with Crippen LogP contribution in [-0.4, -0.2) is 31.4 Å². The molecule has 2 N–H and O–H groups in total. The number of aliphatic imine (C=N–C) groups is 1. The van der Waals surface area contributed by atoms with Crippen LogP contribution in [-0.2, 0) is 6.54 Å². The van der Waals surface area contributed by atoms with Gasteiger partial charge in [-0.05, 0) is 31.0 Å². The van der Waals surface area contributed by atoms with Gasteiger partial charge in [0.1, 0.15) is 5.75 Å². The van der Waals surface area contributed by atoms with E-state index >= 15 is 0 Å². The summed E-state index contributed by atoms with van der Waals surface area (Å²) in [6.07, 6.45) is 2.48. The van der Waals surface area contributed by atoms with Gasteiger partial charge in [0.2, 0.25) is 0 Å². The van der Waals surface area contributed by atoms with E-state index in [2.05, 4.69) is 52.0 Å². The molecule has 5 heteroatoms. The lowest BCUT2D eigenvalue weighted by molar-refractivity contribution is 0.409. The lowest BCUT2D eigenvalue weighted by Crippen LogP contribution is -2.40. The van der Waals surface area contributed by atoms with Gasteiger partial charge in [0.15, 0.2) is 5.96 Å². The number of ether oxygens (including phenoxy) is 1. The number of nitrogens with zero attached hydrogens (tertiary/aromatic N) is 1. The number of nitrogens with one attached hydrogen (secondary N) is 2. The maximum atomic E-state index is 5.40. The van der Waals surface area contributed by atoms with Crippen LogP contribution in [0.4, 0.5) is 0 Å². The first-order chi connectivity index (χ1) is 12.2. The number of benzene rings is 2. The summed E-state index contributed by atoms with van der Waals surface area (Å²) in [6, 6.07) is 18.7. The Hall–Kier alpha value is -2.14. The van der Waals surface area contributed by atoms with E-state index in [0.29, 0.717) is 11.3 Å². The lowest BCUT2D eigenvalue weighted by Gasteiger charge is -2.18. The van der Waals surface area contributed by atoms with Crippen molar-refractivity contribution in [2.24, 2.45) is 4.99 Å². The van der Waals surface area contributed by atoms with E-state index in [0.717, 1.165) is 23.8 Å². The summed E-state index contributed by atoms with van der Waals surface area (Å²) in [5, 5.41) is 6.85. The van der Waals surface area contributed by atoms with Crippen molar-refractivity contribution in [1.82, 2.24) is 10.6 Å². The van der Waals surface area contributed by atoms with E-state index < -0.39 is 0 Å². The highest BCUT2D eigenvalue weighted by atomic mass is 32.2. The molecule has 2 aromatic carbocycles. The van der Waals surface area contributed by atoms with Gasteiger partial charge in [-0.25, -0.2) is 0 Å². The Labute approximate surface area is 154 Å².